The van der Waals surface area contributed by atoms with Crippen LogP contribution in [0.3, 0.4) is 0 Å². The lowest BCUT2D eigenvalue weighted by Gasteiger charge is -2.14. The Labute approximate surface area is 136 Å². The first-order chi connectivity index (χ1) is 11.0. The van der Waals surface area contributed by atoms with Gasteiger partial charge in [0.15, 0.2) is 5.75 Å². The van der Waals surface area contributed by atoms with E-state index in [1.807, 2.05) is 26.0 Å². The summed E-state index contributed by atoms with van der Waals surface area (Å²) in [4.78, 5) is 15.1. The van der Waals surface area contributed by atoms with Crippen molar-refractivity contribution in [2.45, 2.75) is 33.6 Å². The SMILES string of the molecule is CCCCOc1c(OCC=C(C)C)c2ccc(N)cc2[nH]c1=O. The summed E-state index contributed by atoms with van der Waals surface area (Å²) in [7, 11) is 0. The number of nitrogen functional groups attached to an aromatic ring is 1. The number of unbranched alkanes of at least 4 members (excludes halogenated alkanes) is 1. The van der Waals surface area contributed by atoms with Gasteiger partial charge in [0.25, 0.3) is 5.56 Å². The maximum absolute atomic E-state index is 12.3. The predicted octanol–water partition coefficient (Wildman–Crippen LogP) is 3.63. The fraction of sp³-hybridized carbons (Fsp3) is 0.389. The van der Waals surface area contributed by atoms with Crippen LogP contribution in [0.5, 0.6) is 11.5 Å². The Morgan fingerprint density at radius 1 is 1.26 bits per heavy atom. The summed E-state index contributed by atoms with van der Waals surface area (Å²) in [6.45, 7) is 6.94. The molecule has 3 N–H and O–H groups in total. The molecule has 5 heteroatoms. The Kier molecular flexibility index (Phi) is 5.68. The number of hydrogen-bond donors (Lipinski definition) is 2. The van der Waals surface area contributed by atoms with Crippen LogP contribution in [0.1, 0.15) is 33.6 Å². The van der Waals surface area contributed by atoms with Crippen molar-refractivity contribution in [3.05, 3.63) is 40.2 Å². The van der Waals surface area contributed by atoms with Gasteiger partial charge in [-0.25, -0.2) is 0 Å². The molecule has 2 rings (SSSR count). The van der Waals surface area contributed by atoms with Gasteiger partial charge in [-0.15, -0.1) is 0 Å². The molecule has 0 radical (unpaired) electrons. The van der Waals surface area contributed by atoms with Gasteiger partial charge in [-0.3, -0.25) is 4.79 Å². The van der Waals surface area contributed by atoms with Crippen LogP contribution < -0.4 is 20.8 Å². The summed E-state index contributed by atoms with van der Waals surface area (Å²) in [5.74, 6) is 0.704. The summed E-state index contributed by atoms with van der Waals surface area (Å²) in [6.07, 6.45) is 3.84. The van der Waals surface area contributed by atoms with Gasteiger partial charge in [0.2, 0.25) is 5.75 Å². The molecular weight excluding hydrogens is 292 g/mol. The molecule has 1 aromatic carbocycles. The summed E-state index contributed by atoms with van der Waals surface area (Å²) >= 11 is 0. The molecule has 0 atom stereocenters. The van der Waals surface area contributed by atoms with E-state index in [0.29, 0.717) is 30.2 Å². The van der Waals surface area contributed by atoms with Crippen molar-refractivity contribution < 1.29 is 9.47 Å². The van der Waals surface area contributed by atoms with Gasteiger partial charge in [0, 0.05) is 11.1 Å². The normalized spacial score (nSPS) is 10.6. The van der Waals surface area contributed by atoms with Gasteiger partial charge >= 0.3 is 0 Å². The van der Waals surface area contributed by atoms with Crippen molar-refractivity contribution in [1.82, 2.24) is 4.98 Å². The number of benzene rings is 1. The molecule has 1 heterocycles. The molecule has 0 bridgehead atoms. The largest absolute Gasteiger partial charge is 0.485 e. The van der Waals surface area contributed by atoms with E-state index in [4.69, 9.17) is 15.2 Å². The molecular formula is C18H24N2O3. The molecule has 0 saturated carbocycles. The van der Waals surface area contributed by atoms with Crippen LogP contribution in [0.25, 0.3) is 10.9 Å². The zero-order chi connectivity index (χ0) is 16.8. The highest BCUT2D eigenvalue weighted by molar-refractivity contribution is 5.89. The van der Waals surface area contributed by atoms with Gasteiger partial charge < -0.3 is 20.2 Å². The monoisotopic (exact) mass is 316 g/mol. The molecule has 0 aliphatic rings. The fourth-order valence-electron chi connectivity index (χ4n) is 2.15. The van der Waals surface area contributed by atoms with E-state index in [0.717, 1.165) is 23.8 Å². The third-order valence-electron chi connectivity index (χ3n) is 3.41. The maximum atomic E-state index is 12.3. The van der Waals surface area contributed by atoms with E-state index < -0.39 is 0 Å². The van der Waals surface area contributed by atoms with Gasteiger partial charge in [0.05, 0.1) is 12.1 Å². The number of nitrogens with one attached hydrogen (secondary N) is 1. The second-order valence-corrected chi connectivity index (χ2v) is 5.71. The van der Waals surface area contributed by atoms with E-state index in [-0.39, 0.29) is 11.3 Å². The topological polar surface area (TPSA) is 77.3 Å². The zero-order valence-corrected chi connectivity index (χ0v) is 13.9. The molecule has 1 aromatic heterocycles. The van der Waals surface area contributed by atoms with Crippen molar-refractivity contribution in [2.75, 3.05) is 18.9 Å². The number of aromatic amines is 1. The van der Waals surface area contributed by atoms with Gasteiger partial charge in [-0.1, -0.05) is 18.9 Å². The number of anilines is 1. The van der Waals surface area contributed by atoms with Gasteiger partial charge in [-0.05, 0) is 44.5 Å². The van der Waals surface area contributed by atoms with Crippen molar-refractivity contribution in [3.63, 3.8) is 0 Å². The van der Waals surface area contributed by atoms with Crippen LogP contribution in [0.4, 0.5) is 5.69 Å². The fourth-order valence-corrected chi connectivity index (χ4v) is 2.15. The molecule has 0 spiro atoms. The summed E-state index contributed by atoms with van der Waals surface area (Å²) in [6, 6.07) is 5.34. The first kappa shape index (κ1) is 16.9. The van der Waals surface area contributed by atoms with Crippen molar-refractivity contribution in [3.8, 4) is 11.5 Å². The number of nitrogens with two attached hydrogens (primary N) is 1. The lowest BCUT2D eigenvalue weighted by Crippen LogP contribution is -2.14. The number of H-pyrrole nitrogens is 1. The zero-order valence-electron chi connectivity index (χ0n) is 13.9. The first-order valence-electron chi connectivity index (χ1n) is 7.87. The predicted molar refractivity (Wildman–Crippen MR) is 94.3 cm³/mol. The minimum Gasteiger partial charge on any atom is -0.485 e. The summed E-state index contributed by atoms with van der Waals surface area (Å²) < 4.78 is 11.5. The lowest BCUT2D eigenvalue weighted by molar-refractivity contribution is 0.277. The molecule has 124 valence electrons. The van der Waals surface area contributed by atoms with Crippen LogP contribution in [0.15, 0.2) is 34.6 Å². The van der Waals surface area contributed by atoms with E-state index in [1.54, 1.807) is 12.1 Å². The van der Waals surface area contributed by atoms with Crippen LogP contribution >= 0.6 is 0 Å². The molecule has 2 aromatic rings. The highest BCUT2D eigenvalue weighted by atomic mass is 16.5. The molecule has 0 saturated heterocycles. The van der Waals surface area contributed by atoms with Crippen molar-refractivity contribution >= 4 is 16.6 Å². The number of fused-ring (bicyclic) bond motifs is 1. The summed E-state index contributed by atoms with van der Waals surface area (Å²) in [5.41, 5.74) is 7.88. The van der Waals surface area contributed by atoms with Gasteiger partial charge in [-0.2, -0.15) is 0 Å². The molecule has 0 unspecified atom stereocenters. The molecule has 0 fully saturated rings. The minimum atomic E-state index is -0.300. The smallest absolute Gasteiger partial charge is 0.294 e. The second-order valence-electron chi connectivity index (χ2n) is 5.71. The van der Waals surface area contributed by atoms with E-state index >= 15 is 0 Å². The maximum Gasteiger partial charge on any atom is 0.294 e. The number of aromatic nitrogens is 1. The summed E-state index contributed by atoms with van der Waals surface area (Å²) in [5, 5.41) is 0.785. The van der Waals surface area contributed by atoms with E-state index in [2.05, 4.69) is 11.9 Å². The Hall–Kier alpha value is -2.43. The Morgan fingerprint density at radius 2 is 2.04 bits per heavy atom. The second kappa shape index (κ2) is 7.72. The Balaban J connectivity index is 2.48. The highest BCUT2D eigenvalue weighted by Crippen LogP contribution is 2.32. The molecule has 0 aliphatic carbocycles. The highest BCUT2D eigenvalue weighted by Gasteiger charge is 2.15. The van der Waals surface area contributed by atoms with Crippen LogP contribution in [-0.4, -0.2) is 18.2 Å². The Bertz CT molecular complexity index is 759. The average Bonchev–Trinajstić information content (AvgIpc) is 2.49. The molecule has 5 nitrogen and oxygen atoms in total. The average molecular weight is 316 g/mol. The number of allylic oxidation sites excluding steroid dienone is 1. The van der Waals surface area contributed by atoms with Crippen molar-refractivity contribution in [2.24, 2.45) is 0 Å². The van der Waals surface area contributed by atoms with Crippen LogP contribution in [0, 0.1) is 0 Å². The number of rotatable bonds is 7. The molecule has 0 aliphatic heterocycles. The Morgan fingerprint density at radius 3 is 2.74 bits per heavy atom. The number of ether oxygens (including phenoxy) is 2. The van der Waals surface area contributed by atoms with Gasteiger partial charge in [0.1, 0.15) is 6.61 Å². The van der Waals surface area contributed by atoms with Crippen LogP contribution in [-0.2, 0) is 0 Å². The van der Waals surface area contributed by atoms with Crippen LogP contribution in [0.2, 0.25) is 0 Å². The molecule has 0 amide bonds. The minimum absolute atomic E-state index is 0.234. The third kappa shape index (κ3) is 4.28. The third-order valence-corrected chi connectivity index (χ3v) is 3.41. The number of pyridine rings is 1. The standard InChI is InChI=1S/C18H24N2O3/c1-4-5-9-22-17-16(23-10-8-12(2)3)14-7-6-13(19)11-15(14)20-18(17)21/h6-8,11H,4-5,9-10,19H2,1-3H3,(H,20,21). The van der Waals surface area contributed by atoms with Crippen molar-refractivity contribution in [1.29, 1.82) is 0 Å². The molecule has 23 heavy (non-hydrogen) atoms. The van der Waals surface area contributed by atoms with E-state index in [1.165, 1.54) is 0 Å². The van der Waals surface area contributed by atoms with E-state index in [9.17, 15) is 4.79 Å². The quantitative estimate of drug-likeness (QED) is 0.464. The first-order valence-corrected chi connectivity index (χ1v) is 7.87. The number of hydrogen-bond acceptors (Lipinski definition) is 4. The lowest BCUT2D eigenvalue weighted by atomic mass is 10.1.